The molecule has 7 nitrogen and oxygen atoms in total. The fourth-order valence-electron chi connectivity index (χ4n) is 3.25. The van der Waals surface area contributed by atoms with E-state index >= 15 is 0 Å². The van der Waals surface area contributed by atoms with Crippen LogP contribution >= 0.6 is 0 Å². The lowest BCUT2D eigenvalue weighted by molar-refractivity contribution is -0.117. The highest BCUT2D eigenvalue weighted by Crippen LogP contribution is 2.34. The lowest BCUT2D eigenvalue weighted by Gasteiger charge is -2.20. The van der Waals surface area contributed by atoms with E-state index in [0.717, 1.165) is 36.5 Å². The summed E-state index contributed by atoms with van der Waals surface area (Å²) in [6.07, 6.45) is 7.34. The minimum Gasteiger partial charge on any atom is -0.486 e. The number of hydrogen-bond donors (Lipinski definition) is 1. The zero-order valence-corrected chi connectivity index (χ0v) is 13.9. The van der Waals surface area contributed by atoms with Crippen LogP contribution in [0.15, 0.2) is 30.4 Å². The molecule has 1 aromatic carbocycles. The lowest BCUT2D eigenvalue weighted by atomic mass is 9.93. The van der Waals surface area contributed by atoms with E-state index in [2.05, 4.69) is 22.2 Å². The van der Waals surface area contributed by atoms with Crippen molar-refractivity contribution in [3.8, 4) is 17.2 Å². The van der Waals surface area contributed by atoms with Gasteiger partial charge in [-0.1, -0.05) is 12.2 Å². The van der Waals surface area contributed by atoms with Gasteiger partial charge < -0.3 is 15.2 Å². The van der Waals surface area contributed by atoms with Gasteiger partial charge in [0.25, 0.3) is 0 Å². The molecule has 1 atom stereocenters. The summed E-state index contributed by atoms with van der Waals surface area (Å²) >= 11 is 0. The van der Waals surface area contributed by atoms with E-state index in [9.17, 15) is 4.79 Å². The summed E-state index contributed by atoms with van der Waals surface area (Å²) in [7, 11) is 0. The molecule has 0 unspecified atom stereocenters. The van der Waals surface area contributed by atoms with E-state index in [0.29, 0.717) is 24.8 Å². The Hall–Kier alpha value is -2.83. The summed E-state index contributed by atoms with van der Waals surface area (Å²) in [4.78, 5) is 15.9. The van der Waals surface area contributed by atoms with Gasteiger partial charge in [-0.15, -0.1) is 0 Å². The second-order valence-corrected chi connectivity index (χ2v) is 6.25. The van der Waals surface area contributed by atoms with Gasteiger partial charge >= 0.3 is 0 Å². The Bertz CT molecular complexity index is 828. The Kier molecular flexibility index (Phi) is 4.13. The molecule has 0 radical (unpaired) electrons. The van der Waals surface area contributed by atoms with Crippen LogP contribution in [0.4, 0.5) is 0 Å². The van der Waals surface area contributed by atoms with Crippen LogP contribution in [-0.4, -0.2) is 33.9 Å². The summed E-state index contributed by atoms with van der Waals surface area (Å²) in [5, 5.41) is 4.53. The first-order valence-electron chi connectivity index (χ1n) is 8.50. The Labute approximate surface area is 145 Å². The van der Waals surface area contributed by atoms with Crippen LogP contribution in [0.1, 0.15) is 36.8 Å². The lowest BCUT2D eigenvalue weighted by Crippen LogP contribution is -2.16. The van der Waals surface area contributed by atoms with Gasteiger partial charge in [0, 0.05) is 12.0 Å². The Morgan fingerprint density at radius 3 is 2.84 bits per heavy atom. The normalized spacial score (nSPS) is 19.0. The van der Waals surface area contributed by atoms with Crippen LogP contribution in [-0.2, 0) is 11.2 Å². The fourth-order valence-corrected chi connectivity index (χ4v) is 3.25. The molecule has 7 heteroatoms. The molecule has 1 aliphatic heterocycles. The zero-order chi connectivity index (χ0) is 17.2. The van der Waals surface area contributed by atoms with Crippen LogP contribution in [0.25, 0.3) is 5.69 Å². The van der Waals surface area contributed by atoms with Crippen molar-refractivity contribution >= 4 is 5.91 Å². The van der Waals surface area contributed by atoms with Gasteiger partial charge in [0.2, 0.25) is 5.91 Å². The second kappa shape index (κ2) is 6.58. The molecule has 25 heavy (non-hydrogen) atoms. The average Bonchev–Trinajstić information content (AvgIpc) is 3.05. The number of nitrogens with zero attached hydrogens (tertiary/aromatic N) is 3. The van der Waals surface area contributed by atoms with Crippen molar-refractivity contribution in [1.29, 1.82) is 0 Å². The van der Waals surface area contributed by atoms with Crippen molar-refractivity contribution in [3.05, 3.63) is 42.0 Å². The minimum absolute atomic E-state index is 0.0348. The van der Waals surface area contributed by atoms with Crippen LogP contribution in [0.3, 0.4) is 0 Å². The number of hydrogen-bond acceptors (Lipinski definition) is 5. The summed E-state index contributed by atoms with van der Waals surface area (Å²) in [5.41, 5.74) is 6.16. The van der Waals surface area contributed by atoms with Crippen LogP contribution in [0.2, 0.25) is 0 Å². The van der Waals surface area contributed by atoms with Crippen molar-refractivity contribution in [2.45, 2.75) is 31.6 Å². The molecule has 2 aliphatic rings. The van der Waals surface area contributed by atoms with E-state index in [1.165, 1.54) is 0 Å². The number of rotatable bonds is 4. The Balaban J connectivity index is 1.75. The largest absolute Gasteiger partial charge is 0.486 e. The number of benzene rings is 1. The SMILES string of the molecule is NC(=O)Cc1nc([C@@H]2CC=CCC2)n(-c2ccc3c(c2)OCCO3)n1. The zero-order valence-electron chi connectivity index (χ0n) is 13.9. The summed E-state index contributed by atoms with van der Waals surface area (Å²) in [6.45, 7) is 1.08. The topological polar surface area (TPSA) is 92.3 Å². The van der Waals surface area contributed by atoms with Gasteiger partial charge in [0.1, 0.15) is 19.0 Å². The van der Waals surface area contributed by atoms with Crippen molar-refractivity contribution < 1.29 is 14.3 Å². The second-order valence-electron chi connectivity index (χ2n) is 6.25. The Morgan fingerprint density at radius 2 is 2.08 bits per heavy atom. The van der Waals surface area contributed by atoms with Gasteiger partial charge in [-0.25, -0.2) is 9.67 Å². The molecule has 0 spiro atoms. The monoisotopic (exact) mass is 340 g/mol. The third-order valence-corrected chi connectivity index (χ3v) is 4.41. The third kappa shape index (κ3) is 3.22. The highest BCUT2D eigenvalue weighted by atomic mass is 16.6. The molecule has 1 aromatic heterocycles. The van der Waals surface area contributed by atoms with E-state index in [-0.39, 0.29) is 12.3 Å². The molecular weight excluding hydrogens is 320 g/mol. The molecule has 2 aromatic rings. The van der Waals surface area contributed by atoms with E-state index in [1.54, 1.807) is 4.68 Å². The predicted octanol–water partition coefficient (Wildman–Crippen LogP) is 1.89. The average molecular weight is 340 g/mol. The van der Waals surface area contributed by atoms with Crippen molar-refractivity contribution in [2.24, 2.45) is 5.73 Å². The number of fused-ring (bicyclic) bond motifs is 1. The fraction of sp³-hybridized carbons (Fsp3) is 0.389. The maximum Gasteiger partial charge on any atom is 0.225 e. The van der Waals surface area contributed by atoms with Gasteiger partial charge in [-0.3, -0.25) is 4.79 Å². The summed E-state index contributed by atoms with van der Waals surface area (Å²) in [5.74, 6) is 2.57. The minimum atomic E-state index is -0.436. The van der Waals surface area contributed by atoms with Crippen molar-refractivity contribution in [1.82, 2.24) is 14.8 Å². The number of allylic oxidation sites excluding steroid dienone is 2. The number of carbonyl (C=O) groups excluding carboxylic acids is 1. The number of aromatic nitrogens is 3. The van der Waals surface area contributed by atoms with Gasteiger partial charge in [0.15, 0.2) is 17.3 Å². The maximum absolute atomic E-state index is 11.3. The molecule has 2 N–H and O–H groups in total. The molecule has 1 amide bonds. The standard InChI is InChI=1S/C18H20N4O3/c19-16(23)11-17-20-18(12-4-2-1-3-5-12)22(21-17)13-6-7-14-15(10-13)25-9-8-24-14/h1-2,6-7,10,12H,3-5,8-9,11H2,(H2,19,23)/t12-/m1/s1. The molecule has 0 fully saturated rings. The van der Waals surface area contributed by atoms with Gasteiger partial charge in [0.05, 0.1) is 12.1 Å². The first-order valence-corrected chi connectivity index (χ1v) is 8.50. The highest BCUT2D eigenvalue weighted by Gasteiger charge is 2.23. The molecular formula is C18H20N4O3. The quantitative estimate of drug-likeness (QED) is 0.858. The number of amides is 1. The summed E-state index contributed by atoms with van der Waals surface area (Å²) in [6, 6.07) is 5.71. The molecule has 2 heterocycles. The van der Waals surface area contributed by atoms with Crippen molar-refractivity contribution in [3.63, 3.8) is 0 Å². The molecule has 130 valence electrons. The summed E-state index contributed by atoms with van der Waals surface area (Å²) < 4.78 is 13.1. The van der Waals surface area contributed by atoms with E-state index in [4.69, 9.17) is 15.2 Å². The number of carbonyl (C=O) groups is 1. The highest BCUT2D eigenvalue weighted by molar-refractivity contribution is 5.75. The molecule has 0 saturated heterocycles. The number of ether oxygens (including phenoxy) is 2. The molecule has 4 rings (SSSR count). The van der Waals surface area contributed by atoms with E-state index in [1.807, 2.05) is 18.2 Å². The van der Waals surface area contributed by atoms with Crippen LogP contribution < -0.4 is 15.2 Å². The maximum atomic E-state index is 11.3. The van der Waals surface area contributed by atoms with Crippen LogP contribution in [0, 0.1) is 0 Å². The van der Waals surface area contributed by atoms with Gasteiger partial charge in [-0.05, 0) is 31.4 Å². The number of primary amides is 1. The van der Waals surface area contributed by atoms with Crippen LogP contribution in [0.5, 0.6) is 11.5 Å². The molecule has 0 saturated carbocycles. The smallest absolute Gasteiger partial charge is 0.225 e. The Morgan fingerprint density at radius 1 is 1.24 bits per heavy atom. The van der Waals surface area contributed by atoms with Crippen molar-refractivity contribution in [2.75, 3.05) is 13.2 Å². The first-order chi connectivity index (χ1) is 12.2. The van der Waals surface area contributed by atoms with E-state index < -0.39 is 5.91 Å². The third-order valence-electron chi connectivity index (χ3n) is 4.41. The first kappa shape index (κ1) is 15.7. The van der Waals surface area contributed by atoms with Gasteiger partial charge in [-0.2, -0.15) is 5.10 Å². The molecule has 0 bridgehead atoms. The predicted molar refractivity (Wildman–Crippen MR) is 91.0 cm³/mol. The molecule has 1 aliphatic carbocycles. The number of nitrogens with two attached hydrogens (primary N) is 1.